The van der Waals surface area contributed by atoms with E-state index in [4.69, 9.17) is 0 Å². The van der Waals surface area contributed by atoms with E-state index >= 15 is 0 Å². The smallest absolute Gasteiger partial charge is 0.255 e. The SMILES string of the molecule is Cc1ccc(C)c(NC(=O)c2ccc(CNS(=O)(=O)c3cccc4nsnc34)cc2)c1. The van der Waals surface area contributed by atoms with Crippen molar-refractivity contribution < 1.29 is 13.2 Å². The number of aromatic nitrogens is 2. The number of hydrogen-bond donors (Lipinski definition) is 2. The van der Waals surface area contributed by atoms with Gasteiger partial charge in [0.05, 0.1) is 11.7 Å². The monoisotopic (exact) mass is 452 g/mol. The fourth-order valence-electron chi connectivity index (χ4n) is 3.09. The number of aryl methyl sites for hydroxylation is 2. The highest BCUT2D eigenvalue weighted by atomic mass is 32.2. The van der Waals surface area contributed by atoms with Crippen molar-refractivity contribution in [2.45, 2.75) is 25.3 Å². The van der Waals surface area contributed by atoms with Crippen LogP contribution in [0.2, 0.25) is 0 Å². The van der Waals surface area contributed by atoms with Crippen LogP contribution in [0, 0.1) is 13.8 Å². The van der Waals surface area contributed by atoms with E-state index in [1.807, 2.05) is 32.0 Å². The van der Waals surface area contributed by atoms with Crippen molar-refractivity contribution in [1.82, 2.24) is 13.5 Å². The molecular weight excluding hydrogens is 432 g/mol. The Hall–Kier alpha value is -3.14. The molecule has 0 unspecified atom stereocenters. The summed E-state index contributed by atoms with van der Waals surface area (Å²) in [6, 6.07) is 17.6. The Kier molecular flexibility index (Phi) is 5.81. The Morgan fingerprint density at radius 1 is 1.00 bits per heavy atom. The lowest BCUT2D eigenvalue weighted by Gasteiger charge is -2.10. The molecule has 1 aromatic heterocycles. The summed E-state index contributed by atoms with van der Waals surface area (Å²) in [7, 11) is -3.76. The third-order valence-corrected chi connectivity index (χ3v) is 6.84. The third-order valence-electron chi connectivity index (χ3n) is 4.86. The van der Waals surface area contributed by atoms with Gasteiger partial charge in [0.2, 0.25) is 10.0 Å². The molecule has 3 aromatic carbocycles. The summed E-state index contributed by atoms with van der Waals surface area (Å²) in [5.74, 6) is -0.219. The van der Waals surface area contributed by atoms with Crippen LogP contribution in [-0.4, -0.2) is 23.1 Å². The van der Waals surface area contributed by atoms with Crippen LogP contribution in [0.25, 0.3) is 11.0 Å². The number of carbonyl (C=O) groups is 1. The van der Waals surface area contributed by atoms with Gasteiger partial charge in [0.15, 0.2) is 0 Å². The molecule has 4 rings (SSSR count). The fraction of sp³-hybridized carbons (Fsp3) is 0.136. The van der Waals surface area contributed by atoms with Crippen LogP contribution in [-0.2, 0) is 16.6 Å². The third kappa shape index (κ3) is 4.63. The normalized spacial score (nSPS) is 11.5. The standard InChI is InChI=1S/C22H20N4O3S2/c1-14-6-7-15(2)19(12-14)24-22(27)17-10-8-16(9-11-17)13-23-31(28,29)20-5-3-4-18-21(20)26-30-25-18/h3-12,23H,13H2,1-2H3,(H,24,27). The Balaban J connectivity index is 1.44. The second-order valence-electron chi connectivity index (χ2n) is 7.18. The number of amides is 1. The molecule has 0 bridgehead atoms. The summed E-state index contributed by atoms with van der Waals surface area (Å²) in [4.78, 5) is 12.7. The molecule has 0 atom stereocenters. The van der Waals surface area contributed by atoms with E-state index in [0.29, 0.717) is 16.6 Å². The Morgan fingerprint density at radius 2 is 1.77 bits per heavy atom. The first-order chi connectivity index (χ1) is 14.8. The number of carbonyl (C=O) groups excluding carboxylic acids is 1. The van der Waals surface area contributed by atoms with E-state index in [2.05, 4.69) is 18.8 Å². The van der Waals surface area contributed by atoms with Gasteiger partial charge in [-0.2, -0.15) is 8.75 Å². The van der Waals surface area contributed by atoms with Crippen LogP contribution in [0.5, 0.6) is 0 Å². The second-order valence-corrected chi connectivity index (χ2v) is 9.45. The maximum atomic E-state index is 12.7. The summed E-state index contributed by atoms with van der Waals surface area (Å²) in [5.41, 5.74) is 4.95. The summed E-state index contributed by atoms with van der Waals surface area (Å²) in [6.07, 6.45) is 0. The van der Waals surface area contributed by atoms with Gasteiger partial charge >= 0.3 is 0 Å². The predicted molar refractivity (Wildman–Crippen MR) is 122 cm³/mol. The molecule has 158 valence electrons. The molecule has 0 spiro atoms. The molecule has 0 aliphatic rings. The molecular formula is C22H20N4O3S2. The number of benzene rings is 3. The zero-order chi connectivity index (χ0) is 22.0. The molecule has 0 radical (unpaired) electrons. The zero-order valence-electron chi connectivity index (χ0n) is 16.9. The van der Waals surface area contributed by atoms with E-state index in [1.54, 1.807) is 36.4 Å². The Bertz CT molecular complexity index is 1360. The van der Waals surface area contributed by atoms with Crippen molar-refractivity contribution in [3.8, 4) is 0 Å². The summed E-state index contributed by atoms with van der Waals surface area (Å²) >= 11 is 0.974. The highest BCUT2D eigenvalue weighted by Gasteiger charge is 2.19. The number of anilines is 1. The molecule has 7 nitrogen and oxygen atoms in total. The van der Waals surface area contributed by atoms with Gasteiger partial charge in [-0.3, -0.25) is 4.79 Å². The fourth-order valence-corrected chi connectivity index (χ4v) is 4.88. The highest BCUT2D eigenvalue weighted by molar-refractivity contribution is 7.89. The lowest BCUT2D eigenvalue weighted by atomic mass is 10.1. The van der Waals surface area contributed by atoms with Crippen LogP contribution >= 0.6 is 11.7 Å². The molecule has 9 heteroatoms. The Labute approximate surface area is 184 Å². The topological polar surface area (TPSA) is 101 Å². The molecule has 1 heterocycles. The van der Waals surface area contributed by atoms with Crippen LogP contribution in [0.15, 0.2) is 65.6 Å². The number of nitrogens with one attached hydrogen (secondary N) is 2. The van der Waals surface area contributed by atoms with Crippen molar-refractivity contribution in [1.29, 1.82) is 0 Å². The Morgan fingerprint density at radius 3 is 2.55 bits per heavy atom. The van der Waals surface area contributed by atoms with Gasteiger partial charge < -0.3 is 5.32 Å². The molecule has 0 fully saturated rings. The molecule has 31 heavy (non-hydrogen) atoms. The first-order valence-corrected chi connectivity index (χ1v) is 11.7. The number of hydrogen-bond acceptors (Lipinski definition) is 6. The van der Waals surface area contributed by atoms with E-state index in [-0.39, 0.29) is 17.3 Å². The van der Waals surface area contributed by atoms with E-state index in [1.165, 1.54) is 6.07 Å². The number of sulfonamides is 1. The molecule has 4 aromatic rings. The van der Waals surface area contributed by atoms with E-state index in [0.717, 1.165) is 34.1 Å². The van der Waals surface area contributed by atoms with Crippen molar-refractivity contribution >= 4 is 44.4 Å². The van der Waals surface area contributed by atoms with Gasteiger partial charge in [-0.25, -0.2) is 13.1 Å². The molecule has 1 amide bonds. The molecule has 0 aliphatic carbocycles. The minimum atomic E-state index is -3.76. The second kappa shape index (κ2) is 8.54. The maximum Gasteiger partial charge on any atom is 0.255 e. The quantitative estimate of drug-likeness (QED) is 0.460. The van der Waals surface area contributed by atoms with Crippen LogP contribution < -0.4 is 10.0 Å². The number of fused-ring (bicyclic) bond motifs is 1. The minimum absolute atomic E-state index is 0.0924. The molecule has 2 N–H and O–H groups in total. The summed E-state index contributed by atoms with van der Waals surface area (Å²) in [5, 5.41) is 2.92. The van der Waals surface area contributed by atoms with Crippen LogP contribution in [0.4, 0.5) is 5.69 Å². The minimum Gasteiger partial charge on any atom is -0.322 e. The van der Waals surface area contributed by atoms with Gasteiger partial charge in [-0.05, 0) is 60.9 Å². The van der Waals surface area contributed by atoms with E-state index < -0.39 is 10.0 Å². The molecule has 0 saturated carbocycles. The number of nitrogens with zero attached hydrogens (tertiary/aromatic N) is 2. The lowest BCUT2D eigenvalue weighted by molar-refractivity contribution is 0.102. The first-order valence-electron chi connectivity index (χ1n) is 9.52. The average Bonchev–Trinajstić information content (AvgIpc) is 3.24. The zero-order valence-corrected chi connectivity index (χ0v) is 18.5. The van der Waals surface area contributed by atoms with Crippen molar-refractivity contribution in [3.63, 3.8) is 0 Å². The van der Waals surface area contributed by atoms with Crippen LogP contribution in [0.3, 0.4) is 0 Å². The van der Waals surface area contributed by atoms with Crippen molar-refractivity contribution in [2.24, 2.45) is 0 Å². The van der Waals surface area contributed by atoms with Gasteiger partial charge in [0, 0.05) is 17.8 Å². The number of rotatable bonds is 6. The molecule has 0 aliphatic heterocycles. The summed E-state index contributed by atoms with van der Waals surface area (Å²) < 4.78 is 36.2. The molecule has 0 saturated heterocycles. The highest BCUT2D eigenvalue weighted by Crippen LogP contribution is 2.21. The lowest BCUT2D eigenvalue weighted by Crippen LogP contribution is -2.23. The predicted octanol–water partition coefficient (Wildman–Crippen LogP) is 4.04. The van der Waals surface area contributed by atoms with Gasteiger partial charge in [0.1, 0.15) is 15.9 Å². The average molecular weight is 453 g/mol. The van der Waals surface area contributed by atoms with Gasteiger partial charge in [-0.1, -0.05) is 30.3 Å². The van der Waals surface area contributed by atoms with Crippen molar-refractivity contribution in [3.05, 3.63) is 82.9 Å². The van der Waals surface area contributed by atoms with Gasteiger partial charge in [-0.15, -0.1) is 0 Å². The van der Waals surface area contributed by atoms with Gasteiger partial charge in [0.25, 0.3) is 5.91 Å². The van der Waals surface area contributed by atoms with Crippen molar-refractivity contribution in [2.75, 3.05) is 5.32 Å². The van der Waals surface area contributed by atoms with Crippen LogP contribution in [0.1, 0.15) is 27.0 Å². The first kappa shape index (κ1) is 21.1. The largest absolute Gasteiger partial charge is 0.322 e. The maximum absolute atomic E-state index is 12.7. The summed E-state index contributed by atoms with van der Waals surface area (Å²) in [6.45, 7) is 4.00. The van der Waals surface area contributed by atoms with E-state index in [9.17, 15) is 13.2 Å².